The van der Waals surface area contributed by atoms with Gasteiger partial charge in [-0.2, -0.15) is 5.26 Å². The average molecular weight is 463 g/mol. The van der Waals surface area contributed by atoms with Crippen LogP contribution in [0, 0.1) is 11.3 Å². The first-order valence-corrected chi connectivity index (χ1v) is 11.3. The van der Waals surface area contributed by atoms with Gasteiger partial charge < -0.3 is 10.2 Å². The summed E-state index contributed by atoms with van der Waals surface area (Å²) in [5.41, 5.74) is 1.78. The summed E-state index contributed by atoms with van der Waals surface area (Å²) >= 11 is 0. The number of carbonyl (C=O) groups is 3. The molecule has 1 aliphatic heterocycles. The maximum Gasteiger partial charge on any atom is 0.270 e. The molecule has 1 aliphatic rings. The van der Waals surface area contributed by atoms with E-state index in [4.69, 9.17) is 0 Å². The summed E-state index contributed by atoms with van der Waals surface area (Å²) < 4.78 is 0. The Hall–Kier alpha value is -4.64. The van der Waals surface area contributed by atoms with Crippen molar-refractivity contribution in [1.82, 2.24) is 20.2 Å². The summed E-state index contributed by atoms with van der Waals surface area (Å²) in [4.78, 5) is 49.3. The Labute approximate surface area is 201 Å². The molecule has 172 valence electrons. The minimum Gasteiger partial charge on any atom is -0.342 e. The topological polar surface area (TPSA) is 116 Å². The second-order valence-corrected chi connectivity index (χ2v) is 8.35. The standard InChI is InChI=1S/C27H21N5O3/c28-15-18-7-5-13-32(18)25(33)16-29-27(35)24-14-20(19-8-2-4-10-22(19)31-24)26(34)23-12-11-17-6-1-3-9-21(17)30-23/h1-4,6,8-12,14,18H,5,7,13,16H2,(H,29,35). The molecule has 1 atom stereocenters. The monoisotopic (exact) mass is 463 g/mol. The minimum absolute atomic E-state index is 0.0268. The number of likely N-dealkylation sites (tertiary alicyclic amines) is 1. The van der Waals surface area contributed by atoms with Gasteiger partial charge in [0.1, 0.15) is 17.4 Å². The van der Waals surface area contributed by atoms with Crippen LogP contribution in [0.2, 0.25) is 0 Å². The Morgan fingerprint density at radius 1 is 0.971 bits per heavy atom. The fraction of sp³-hybridized carbons (Fsp3) is 0.185. The van der Waals surface area contributed by atoms with Crippen LogP contribution in [-0.2, 0) is 4.79 Å². The first-order chi connectivity index (χ1) is 17.0. The highest BCUT2D eigenvalue weighted by molar-refractivity contribution is 6.16. The predicted octanol–water partition coefficient (Wildman–Crippen LogP) is 3.26. The van der Waals surface area contributed by atoms with Gasteiger partial charge >= 0.3 is 0 Å². The van der Waals surface area contributed by atoms with Crippen LogP contribution in [0.1, 0.15) is 39.4 Å². The molecule has 35 heavy (non-hydrogen) atoms. The van der Waals surface area contributed by atoms with E-state index in [2.05, 4.69) is 21.4 Å². The van der Waals surface area contributed by atoms with Crippen molar-refractivity contribution in [1.29, 1.82) is 5.26 Å². The highest BCUT2D eigenvalue weighted by Gasteiger charge is 2.28. The minimum atomic E-state index is -0.572. The molecular formula is C27H21N5O3. The van der Waals surface area contributed by atoms with Gasteiger partial charge in [-0.05, 0) is 37.1 Å². The molecular weight excluding hydrogens is 442 g/mol. The molecule has 0 aliphatic carbocycles. The van der Waals surface area contributed by atoms with Gasteiger partial charge in [-0.1, -0.05) is 42.5 Å². The van der Waals surface area contributed by atoms with E-state index in [1.807, 2.05) is 30.3 Å². The first kappa shape index (κ1) is 22.2. The van der Waals surface area contributed by atoms with E-state index in [-0.39, 0.29) is 29.6 Å². The Bertz CT molecular complexity index is 1520. The van der Waals surface area contributed by atoms with Gasteiger partial charge in [0.05, 0.1) is 23.6 Å². The zero-order valence-electron chi connectivity index (χ0n) is 18.8. The molecule has 3 heterocycles. The number of nitriles is 1. The van der Waals surface area contributed by atoms with Crippen molar-refractivity contribution in [3.63, 3.8) is 0 Å². The summed E-state index contributed by atoms with van der Waals surface area (Å²) in [5.74, 6) is -1.22. The number of nitrogens with one attached hydrogen (secondary N) is 1. The molecule has 5 rings (SSSR count). The van der Waals surface area contributed by atoms with E-state index in [1.54, 1.807) is 30.3 Å². The van der Waals surface area contributed by atoms with Crippen molar-refractivity contribution in [3.8, 4) is 6.07 Å². The van der Waals surface area contributed by atoms with Crippen LogP contribution in [0.3, 0.4) is 0 Å². The van der Waals surface area contributed by atoms with Crippen LogP contribution < -0.4 is 5.32 Å². The highest BCUT2D eigenvalue weighted by Crippen LogP contribution is 2.22. The third kappa shape index (κ3) is 4.32. The van der Waals surface area contributed by atoms with Crippen molar-refractivity contribution in [3.05, 3.63) is 83.7 Å². The summed E-state index contributed by atoms with van der Waals surface area (Å²) in [5, 5.41) is 13.3. The van der Waals surface area contributed by atoms with E-state index in [0.29, 0.717) is 34.9 Å². The number of nitrogens with zero attached hydrogens (tertiary/aromatic N) is 4. The molecule has 4 aromatic rings. The van der Waals surface area contributed by atoms with Crippen LogP contribution in [-0.4, -0.2) is 51.6 Å². The quantitative estimate of drug-likeness (QED) is 0.454. The van der Waals surface area contributed by atoms with Crippen molar-refractivity contribution < 1.29 is 14.4 Å². The summed E-state index contributed by atoms with van der Waals surface area (Å²) in [7, 11) is 0. The van der Waals surface area contributed by atoms with Crippen molar-refractivity contribution in [2.75, 3.05) is 13.1 Å². The maximum atomic E-state index is 13.5. The fourth-order valence-electron chi connectivity index (χ4n) is 4.36. The number of carbonyl (C=O) groups excluding carboxylic acids is 3. The van der Waals surface area contributed by atoms with E-state index in [1.165, 1.54) is 11.0 Å². The molecule has 8 heteroatoms. The molecule has 0 bridgehead atoms. The van der Waals surface area contributed by atoms with Crippen LogP contribution >= 0.6 is 0 Å². The van der Waals surface area contributed by atoms with Crippen molar-refractivity contribution >= 4 is 39.4 Å². The summed E-state index contributed by atoms with van der Waals surface area (Å²) in [6.07, 6.45) is 1.40. The third-order valence-corrected chi connectivity index (χ3v) is 6.15. The third-order valence-electron chi connectivity index (χ3n) is 6.15. The molecule has 0 spiro atoms. The predicted molar refractivity (Wildman–Crippen MR) is 130 cm³/mol. The van der Waals surface area contributed by atoms with Crippen molar-refractivity contribution in [2.45, 2.75) is 18.9 Å². The smallest absolute Gasteiger partial charge is 0.270 e. The van der Waals surface area contributed by atoms with E-state index in [0.717, 1.165) is 11.8 Å². The molecule has 2 amide bonds. The number of amides is 2. The molecule has 0 radical (unpaired) electrons. The van der Waals surface area contributed by atoms with Crippen LogP contribution in [0.15, 0.2) is 66.7 Å². The number of hydrogen-bond acceptors (Lipinski definition) is 6. The lowest BCUT2D eigenvalue weighted by molar-refractivity contribution is -0.130. The molecule has 1 saturated heterocycles. The Balaban J connectivity index is 1.44. The van der Waals surface area contributed by atoms with Gasteiger partial charge in [0.25, 0.3) is 5.91 Å². The number of rotatable bonds is 5. The summed E-state index contributed by atoms with van der Waals surface area (Å²) in [6.45, 7) is 0.250. The average Bonchev–Trinajstić information content (AvgIpc) is 3.39. The second kappa shape index (κ2) is 9.31. The molecule has 1 fully saturated rings. The van der Waals surface area contributed by atoms with Crippen LogP contribution in [0.5, 0.6) is 0 Å². The lowest BCUT2D eigenvalue weighted by Crippen LogP contribution is -2.42. The zero-order chi connectivity index (χ0) is 24.4. The molecule has 0 saturated carbocycles. The largest absolute Gasteiger partial charge is 0.342 e. The zero-order valence-corrected chi connectivity index (χ0v) is 18.8. The van der Waals surface area contributed by atoms with E-state index in [9.17, 15) is 19.6 Å². The van der Waals surface area contributed by atoms with E-state index >= 15 is 0 Å². The number of pyridine rings is 2. The number of aromatic nitrogens is 2. The van der Waals surface area contributed by atoms with Gasteiger partial charge in [-0.3, -0.25) is 14.4 Å². The lowest BCUT2D eigenvalue weighted by Gasteiger charge is -2.19. The Morgan fingerprint density at radius 2 is 1.71 bits per heavy atom. The molecule has 2 aromatic heterocycles. The maximum absolute atomic E-state index is 13.5. The Morgan fingerprint density at radius 3 is 2.54 bits per heavy atom. The molecule has 8 nitrogen and oxygen atoms in total. The van der Waals surface area contributed by atoms with Crippen LogP contribution in [0.25, 0.3) is 21.8 Å². The van der Waals surface area contributed by atoms with E-state index < -0.39 is 11.9 Å². The number of hydrogen-bond donors (Lipinski definition) is 1. The number of ketones is 1. The van der Waals surface area contributed by atoms with Gasteiger partial charge in [-0.15, -0.1) is 0 Å². The van der Waals surface area contributed by atoms with Gasteiger partial charge in [-0.25, -0.2) is 9.97 Å². The normalized spacial score (nSPS) is 15.2. The molecule has 1 unspecified atom stereocenters. The number of fused-ring (bicyclic) bond motifs is 2. The lowest BCUT2D eigenvalue weighted by atomic mass is 10.0. The van der Waals surface area contributed by atoms with Gasteiger partial charge in [0.2, 0.25) is 11.7 Å². The van der Waals surface area contributed by atoms with Crippen LogP contribution in [0.4, 0.5) is 0 Å². The highest BCUT2D eigenvalue weighted by atomic mass is 16.2. The molecule has 1 N–H and O–H groups in total. The van der Waals surface area contributed by atoms with Gasteiger partial charge in [0.15, 0.2) is 0 Å². The SMILES string of the molecule is N#CC1CCCN1C(=O)CNC(=O)c1cc(C(=O)c2ccc3ccccc3n2)c2ccccc2n1. The molecule has 2 aromatic carbocycles. The Kier molecular flexibility index (Phi) is 5.90. The first-order valence-electron chi connectivity index (χ1n) is 11.3. The number of benzene rings is 2. The fourth-order valence-corrected chi connectivity index (χ4v) is 4.36. The van der Waals surface area contributed by atoms with Gasteiger partial charge in [0, 0.05) is 22.9 Å². The van der Waals surface area contributed by atoms with Crippen molar-refractivity contribution in [2.24, 2.45) is 0 Å². The summed E-state index contributed by atoms with van der Waals surface area (Å²) in [6, 6.07) is 21.2. The second-order valence-electron chi connectivity index (χ2n) is 8.35. The number of para-hydroxylation sites is 2.